The highest BCUT2D eigenvalue weighted by Gasteiger charge is 2.38. The van der Waals surface area contributed by atoms with Crippen LogP contribution in [0.2, 0.25) is 0 Å². The first-order chi connectivity index (χ1) is 12.2. The van der Waals surface area contributed by atoms with Gasteiger partial charge in [0.2, 0.25) is 11.8 Å². The van der Waals surface area contributed by atoms with Crippen molar-refractivity contribution in [3.05, 3.63) is 36.9 Å². The van der Waals surface area contributed by atoms with Crippen LogP contribution in [0.4, 0.5) is 5.69 Å². The van der Waals surface area contributed by atoms with Crippen molar-refractivity contribution in [2.75, 3.05) is 11.9 Å². The van der Waals surface area contributed by atoms with E-state index in [4.69, 9.17) is 0 Å². The van der Waals surface area contributed by atoms with E-state index in [1.165, 1.54) is 19.2 Å². The van der Waals surface area contributed by atoms with Crippen molar-refractivity contribution in [1.82, 2.24) is 19.7 Å². The summed E-state index contributed by atoms with van der Waals surface area (Å²) in [7, 11) is 0. The third kappa shape index (κ3) is 3.26. The monoisotopic (exact) mass is 339 g/mol. The summed E-state index contributed by atoms with van der Waals surface area (Å²) in [5, 5.41) is 6.99. The van der Waals surface area contributed by atoms with Crippen molar-refractivity contribution in [3.8, 4) is 5.69 Å². The second-order valence-corrected chi connectivity index (χ2v) is 6.76. The molecular weight excluding hydrogens is 318 g/mol. The summed E-state index contributed by atoms with van der Waals surface area (Å²) in [6.45, 7) is 0.548. The summed E-state index contributed by atoms with van der Waals surface area (Å²) < 4.78 is 1.65. The summed E-state index contributed by atoms with van der Waals surface area (Å²) >= 11 is 0. The van der Waals surface area contributed by atoms with Crippen LogP contribution >= 0.6 is 0 Å². The molecule has 25 heavy (non-hydrogen) atoms. The molecule has 0 radical (unpaired) electrons. The van der Waals surface area contributed by atoms with Crippen LogP contribution < -0.4 is 5.32 Å². The number of hydrogen-bond acceptors (Lipinski definition) is 4. The zero-order valence-electron chi connectivity index (χ0n) is 14.0. The molecule has 1 atom stereocenters. The van der Waals surface area contributed by atoms with Gasteiger partial charge < -0.3 is 10.2 Å². The number of aromatic nitrogens is 3. The van der Waals surface area contributed by atoms with Crippen LogP contribution in [0.3, 0.4) is 0 Å². The largest absolute Gasteiger partial charge is 0.339 e. The molecule has 0 bridgehead atoms. The van der Waals surface area contributed by atoms with Gasteiger partial charge in [-0.2, -0.15) is 5.10 Å². The Bertz CT molecular complexity index is 750. The first kappa shape index (κ1) is 15.8. The highest BCUT2D eigenvalue weighted by atomic mass is 16.2. The number of nitrogens with zero attached hydrogens (tertiary/aromatic N) is 4. The highest BCUT2D eigenvalue weighted by molar-refractivity contribution is 5.97. The number of anilines is 1. The maximum absolute atomic E-state index is 12.5. The van der Waals surface area contributed by atoms with E-state index >= 15 is 0 Å². The van der Waals surface area contributed by atoms with E-state index in [0.717, 1.165) is 24.2 Å². The lowest BCUT2D eigenvalue weighted by Crippen LogP contribution is -2.35. The Labute approximate surface area is 146 Å². The van der Waals surface area contributed by atoms with E-state index in [2.05, 4.69) is 15.4 Å². The van der Waals surface area contributed by atoms with E-state index in [9.17, 15) is 9.59 Å². The lowest BCUT2D eigenvalue weighted by atomic mass is 10.1. The zero-order chi connectivity index (χ0) is 17.2. The Morgan fingerprint density at radius 2 is 1.92 bits per heavy atom. The minimum atomic E-state index is -0.261. The van der Waals surface area contributed by atoms with E-state index in [0.29, 0.717) is 19.0 Å². The number of carbonyl (C=O) groups is 2. The minimum absolute atomic E-state index is 0.0812. The second kappa shape index (κ2) is 6.66. The molecule has 4 rings (SSSR count). The Balaban J connectivity index is 1.38. The van der Waals surface area contributed by atoms with Crippen LogP contribution in [0.15, 0.2) is 36.9 Å². The van der Waals surface area contributed by atoms with Gasteiger partial charge in [-0.05, 0) is 37.1 Å². The normalized spacial score (nSPS) is 21.0. The predicted molar refractivity (Wildman–Crippen MR) is 92.1 cm³/mol. The molecular formula is C18H21N5O2. The molecule has 0 spiro atoms. The van der Waals surface area contributed by atoms with Gasteiger partial charge in [0.1, 0.15) is 12.7 Å². The van der Waals surface area contributed by atoms with Crippen molar-refractivity contribution in [1.29, 1.82) is 0 Å². The molecule has 1 aromatic carbocycles. The maximum atomic E-state index is 12.5. The van der Waals surface area contributed by atoms with Gasteiger partial charge in [0.15, 0.2) is 0 Å². The first-order valence-corrected chi connectivity index (χ1v) is 8.76. The Hall–Kier alpha value is -2.70. The molecule has 1 unspecified atom stereocenters. The predicted octanol–water partition coefficient (Wildman–Crippen LogP) is 2.00. The summed E-state index contributed by atoms with van der Waals surface area (Å²) in [4.78, 5) is 30.6. The maximum Gasteiger partial charge on any atom is 0.229 e. The molecule has 2 fully saturated rings. The van der Waals surface area contributed by atoms with Crippen molar-refractivity contribution >= 4 is 17.5 Å². The lowest BCUT2D eigenvalue weighted by molar-refractivity contribution is -0.129. The molecule has 1 N–H and O–H groups in total. The lowest BCUT2D eigenvalue weighted by Gasteiger charge is -2.23. The van der Waals surface area contributed by atoms with Crippen LogP contribution in [0.5, 0.6) is 0 Å². The molecule has 1 aliphatic carbocycles. The minimum Gasteiger partial charge on any atom is -0.339 e. The smallest absolute Gasteiger partial charge is 0.229 e. The van der Waals surface area contributed by atoms with Gasteiger partial charge >= 0.3 is 0 Å². The van der Waals surface area contributed by atoms with Gasteiger partial charge in [-0.1, -0.05) is 12.8 Å². The van der Waals surface area contributed by atoms with Crippen LogP contribution in [0.1, 0.15) is 32.1 Å². The quantitative estimate of drug-likeness (QED) is 0.924. The van der Waals surface area contributed by atoms with Gasteiger partial charge in [-0.25, -0.2) is 9.67 Å². The fraction of sp³-hybridized carbons (Fsp3) is 0.444. The number of rotatable bonds is 4. The van der Waals surface area contributed by atoms with Gasteiger partial charge in [-0.15, -0.1) is 0 Å². The third-order valence-electron chi connectivity index (χ3n) is 5.11. The molecule has 1 aromatic heterocycles. The molecule has 130 valence electrons. The molecule has 2 amide bonds. The van der Waals surface area contributed by atoms with Gasteiger partial charge in [0.05, 0.1) is 11.6 Å². The first-order valence-electron chi connectivity index (χ1n) is 8.76. The highest BCUT2D eigenvalue weighted by Crippen LogP contribution is 2.30. The van der Waals surface area contributed by atoms with Gasteiger partial charge in [-0.3, -0.25) is 9.59 Å². The second-order valence-electron chi connectivity index (χ2n) is 6.76. The average Bonchev–Trinajstić information content (AvgIpc) is 3.37. The summed E-state index contributed by atoms with van der Waals surface area (Å²) in [6.07, 6.45) is 7.93. The standard InChI is InChI=1S/C18H21N5O2/c24-17-9-13(10-22(17)15-3-1-2-4-15)18(25)21-14-5-7-16(8-6-14)23-12-19-11-20-23/h5-8,11-13,15H,1-4,9-10H2,(H,21,25). The van der Waals surface area contributed by atoms with Crippen LogP contribution in [-0.2, 0) is 9.59 Å². The molecule has 7 heteroatoms. The number of amides is 2. The average molecular weight is 339 g/mol. The van der Waals surface area contributed by atoms with Crippen molar-refractivity contribution < 1.29 is 9.59 Å². The summed E-state index contributed by atoms with van der Waals surface area (Å²) in [6, 6.07) is 7.75. The summed E-state index contributed by atoms with van der Waals surface area (Å²) in [5.74, 6) is -0.223. The van der Waals surface area contributed by atoms with Crippen LogP contribution in [0.25, 0.3) is 5.69 Å². The number of nitrogens with one attached hydrogen (secondary N) is 1. The molecule has 1 aliphatic heterocycles. The van der Waals surface area contributed by atoms with Crippen molar-refractivity contribution in [2.24, 2.45) is 5.92 Å². The van der Waals surface area contributed by atoms with Gasteiger partial charge in [0, 0.05) is 24.7 Å². The van der Waals surface area contributed by atoms with E-state index < -0.39 is 0 Å². The number of likely N-dealkylation sites (tertiary alicyclic amines) is 1. The number of hydrogen-bond donors (Lipinski definition) is 1. The van der Waals surface area contributed by atoms with Crippen molar-refractivity contribution in [2.45, 2.75) is 38.1 Å². The van der Waals surface area contributed by atoms with Crippen molar-refractivity contribution in [3.63, 3.8) is 0 Å². The Kier molecular flexibility index (Phi) is 4.21. The molecule has 1 saturated heterocycles. The van der Waals surface area contributed by atoms with Gasteiger partial charge in [0.25, 0.3) is 0 Å². The third-order valence-corrected chi connectivity index (χ3v) is 5.11. The molecule has 2 aromatic rings. The Morgan fingerprint density at radius 3 is 2.60 bits per heavy atom. The number of benzene rings is 1. The fourth-order valence-corrected chi connectivity index (χ4v) is 3.76. The van der Waals surface area contributed by atoms with Crippen LogP contribution in [-0.4, -0.2) is 44.1 Å². The van der Waals surface area contributed by atoms with E-state index in [1.54, 1.807) is 11.0 Å². The summed E-state index contributed by atoms with van der Waals surface area (Å²) in [5.41, 5.74) is 1.60. The Morgan fingerprint density at radius 1 is 1.16 bits per heavy atom. The van der Waals surface area contributed by atoms with E-state index in [1.807, 2.05) is 29.2 Å². The fourth-order valence-electron chi connectivity index (χ4n) is 3.76. The zero-order valence-corrected chi connectivity index (χ0v) is 14.0. The van der Waals surface area contributed by atoms with Crippen LogP contribution in [0, 0.1) is 5.92 Å². The molecule has 2 heterocycles. The topological polar surface area (TPSA) is 80.1 Å². The molecule has 2 aliphatic rings. The molecule has 7 nitrogen and oxygen atoms in total. The SMILES string of the molecule is O=C(Nc1ccc(-n2cncn2)cc1)C1CC(=O)N(C2CCCC2)C1. The number of carbonyl (C=O) groups excluding carboxylic acids is 2. The van der Waals surface area contributed by atoms with E-state index in [-0.39, 0.29) is 17.7 Å². The molecule has 1 saturated carbocycles.